The largest absolute Gasteiger partial charge is 0.464 e. The van der Waals surface area contributed by atoms with E-state index in [-0.39, 0.29) is 18.4 Å². The molecule has 0 aromatic heterocycles. The van der Waals surface area contributed by atoms with Crippen molar-refractivity contribution in [3.63, 3.8) is 0 Å². The topological polar surface area (TPSA) is 72.5 Å². The van der Waals surface area contributed by atoms with Gasteiger partial charge in [-0.3, -0.25) is 9.59 Å². The van der Waals surface area contributed by atoms with Gasteiger partial charge in [-0.05, 0) is 26.7 Å². The fourth-order valence-corrected chi connectivity index (χ4v) is 1.16. The summed E-state index contributed by atoms with van der Waals surface area (Å²) in [6, 6.07) is -1.14. The molecule has 1 rings (SSSR count). The monoisotopic (exact) mass is 213 g/mol. The van der Waals surface area contributed by atoms with Gasteiger partial charge < -0.3 is 10.1 Å². The number of ether oxygens (including phenoxy) is 1. The molecule has 1 fully saturated rings. The summed E-state index contributed by atoms with van der Waals surface area (Å²) >= 11 is 0. The molecule has 0 aromatic rings. The minimum absolute atomic E-state index is 0.0266. The molecule has 5 nitrogen and oxygen atoms in total. The van der Waals surface area contributed by atoms with Crippen LogP contribution in [0, 0.1) is 5.92 Å². The van der Waals surface area contributed by atoms with Crippen LogP contribution in [-0.2, 0) is 19.1 Å². The van der Waals surface area contributed by atoms with Crippen molar-refractivity contribution in [3.8, 4) is 0 Å². The molecule has 0 saturated heterocycles. The highest BCUT2D eigenvalue weighted by molar-refractivity contribution is 6.05. The normalized spacial score (nSPS) is 16.7. The SMILES string of the molecule is CCOC(=O)C(NC(=O)C1CC1)C(C)=O. The van der Waals surface area contributed by atoms with E-state index < -0.39 is 17.8 Å². The van der Waals surface area contributed by atoms with Crippen LogP contribution in [0.4, 0.5) is 0 Å². The van der Waals surface area contributed by atoms with E-state index in [4.69, 9.17) is 4.74 Å². The summed E-state index contributed by atoms with van der Waals surface area (Å²) in [5.74, 6) is -1.34. The number of carbonyl (C=O) groups is 3. The Kier molecular flexibility index (Phi) is 3.82. The van der Waals surface area contributed by atoms with Crippen LogP contribution in [0.25, 0.3) is 0 Å². The Morgan fingerprint density at radius 1 is 1.40 bits per heavy atom. The van der Waals surface area contributed by atoms with E-state index in [1.807, 2.05) is 0 Å². The smallest absolute Gasteiger partial charge is 0.336 e. The van der Waals surface area contributed by atoms with E-state index in [1.54, 1.807) is 6.92 Å². The lowest BCUT2D eigenvalue weighted by molar-refractivity contribution is -0.150. The summed E-state index contributed by atoms with van der Waals surface area (Å²) in [5, 5.41) is 2.40. The van der Waals surface area contributed by atoms with Gasteiger partial charge in [0.15, 0.2) is 11.8 Å². The number of nitrogens with one attached hydrogen (secondary N) is 1. The van der Waals surface area contributed by atoms with E-state index in [0.29, 0.717) is 0 Å². The molecule has 1 N–H and O–H groups in total. The lowest BCUT2D eigenvalue weighted by atomic mass is 10.2. The van der Waals surface area contributed by atoms with Crippen LogP contribution in [0.5, 0.6) is 0 Å². The molecule has 84 valence electrons. The molecular formula is C10H15NO4. The van der Waals surface area contributed by atoms with Gasteiger partial charge >= 0.3 is 5.97 Å². The summed E-state index contributed by atoms with van der Waals surface area (Å²) in [6.07, 6.45) is 1.67. The Morgan fingerprint density at radius 2 is 2.00 bits per heavy atom. The van der Waals surface area contributed by atoms with Crippen LogP contribution in [0.1, 0.15) is 26.7 Å². The van der Waals surface area contributed by atoms with Crippen LogP contribution in [0.15, 0.2) is 0 Å². The molecule has 0 bridgehead atoms. The molecule has 1 saturated carbocycles. The molecule has 1 atom stereocenters. The molecule has 0 radical (unpaired) electrons. The average molecular weight is 213 g/mol. The number of Topliss-reactive ketones (excluding diaryl/α,β-unsaturated/α-hetero) is 1. The summed E-state index contributed by atoms with van der Waals surface area (Å²) in [4.78, 5) is 33.8. The van der Waals surface area contributed by atoms with Gasteiger partial charge in [-0.2, -0.15) is 0 Å². The fourth-order valence-electron chi connectivity index (χ4n) is 1.16. The number of hydrogen-bond acceptors (Lipinski definition) is 4. The first-order valence-corrected chi connectivity index (χ1v) is 5.03. The molecule has 1 aliphatic rings. The molecule has 0 aliphatic heterocycles. The lowest BCUT2D eigenvalue weighted by Gasteiger charge is -2.13. The van der Waals surface area contributed by atoms with Crippen molar-refractivity contribution in [2.45, 2.75) is 32.7 Å². The second-order valence-corrected chi connectivity index (χ2v) is 3.58. The standard InChI is InChI=1S/C10H15NO4/c1-3-15-10(14)8(6(2)12)11-9(13)7-4-5-7/h7-8H,3-5H2,1-2H3,(H,11,13). The number of hydrogen-bond donors (Lipinski definition) is 1. The summed E-state index contributed by atoms with van der Waals surface area (Å²) in [5.41, 5.74) is 0. The molecule has 1 aliphatic carbocycles. The third-order valence-electron chi connectivity index (χ3n) is 2.16. The lowest BCUT2D eigenvalue weighted by Crippen LogP contribution is -2.47. The summed E-state index contributed by atoms with van der Waals surface area (Å²) in [6.45, 7) is 3.11. The molecule has 1 amide bonds. The van der Waals surface area contributed by atoms with Crippen LogP contribution < -0.4 is 5.32 Å². The molecule has 0 heterocycles. The maximum absolute atomic E-state index is 11.4. The Bertz CT molecular complexity index is 283. The minimum atomic E-state index is -1.14. The van der Waals surface area contributed by atoms with Crippen molar-refractivity contribution in [2.24, 2.45) is 5.92 Å². The predicted molar refractivity (Wildman–Crippen MR) is 52.0 cm³/mol. The molecule has 5 heteroatoms. The van der Waals surface area contributed by atoms with Gasteiger partial charge in [-0.15, -0.1) is 0 Å². The zero-order chi connectivity index (χ0) is 11.4. The van der Waals surface area contributed by atoms with Crippen molar-refractivity contribution in [1.82, 2.24) is 5.32 Å². The van der Waals surface area contributed by atoms with Crippen molar-refractivity contribution < 1.29 is 19.1 Å². The number of esters is 1. The second-order valence-electron chi connectivity index (χ2n) is 3.58. The van der Waals surface area contributed by atoms with E-state index in [0.717, 1.165) is 12.8 Å². The molecule has 1 unspecified atom stereocenters. The van der Waals surface area contributed by atoms with E-state index in [1.165, 1.54) is 6.92 Å². The van der Waals surface area contributed by atoms with Crippen LogP contribution in [-0.4, -0.2) is 30.3 Å². The highest BCUT2D eigenvalue weighted by Crippen LogP contribution is 2.28. The maximum atomic E-state index is 11.4. The second kappa shape index (κ2) is 4.91. The van der Waals surface area contributed by atoms with Crippen molar-refractivity contribution in [3.05, 3.63) is 0 Å². The highest BCUT2D eigenvalue weighted by Gasteiger charge is 2.34. The quantitative estimate of drug-likeness (QED) is 0.516. The Balaban J connectivity index is 2.52. The van der Waals surface area contributed by atoms with Crippen molar-refractivity contribution in [2.75, 3.05) is 6.61 Å². The van der Waals surface area contributed by atoms with Gasteiger partial charge in [-0.1, -0.05) is 0 Å². The maximum Gasteiger partial charge on any atom is 0.336 e. The Hall–Kier alpha value is -1.39. The molecular weight excluding hydrogens is 198 g/mol. The van der Waals surface area contributed by atoms with Crippen LogP contribution in [0.3, 0.4) is 0 Å². The number of amides is 1. The molecule has 15 heavy (non-hydrogen) atoms. The summed E-state index contributed by atoms with van der Waals surface area (Å²) < 4.78 is 4.69. The third kappa shape index (κ3) is 3.34. The predicted octanol–water partition coefficient (Wildman–Crippen LogP) is 0.0333. The molecule has 0 aromatic carbocycles. The average Bonchev–Trinajstić information content (AvgIpc) is 2.96. The fraction of sp³-hybridized carbons (Fsp3) is 0.700. The summed E-state index contributed by atoms with van der Waals surface area (Å²) in [7, 11) is 0. The zero-order valence-corrected chi connectivity index (χ0v) is 8.91. The van der Waals surface area contributed by atoms with Gasteiger partial charge in [0.2, 0.25) is 5.91 Å². The zero-order valence-electron chi connectivity index (χ0n) is 8.91. The van der Waals surface area contributed by atoms with E-state index >= 15 is 0 Å². The molecule has 0 spiro atoms. The third-order valence-corrected chi connectivity index (χ3v) is 2.16. The highest BCUT2D eigenvalue weighted by atomic mass is 16.5. The van der Waals surface area contributed by atoms with Crippen molar-refractivity contribution in [1.29, 1.82) is 0 Å². The van der Waals surface area contributed by atoms with Gasteiger partial charge in [-0.25, -0.2) is 4.79 Å². The first-order chi connectivity index (χ1) is 7.06. The van der Waals surface area contributed by atoms with E-state index in [2.05, 4.69) is 5.32 Å². The first kappa shape index (κ1) is 11.7. The number of rotatable bonds is 5. The van der Waals surface area contributed by atoms with Gasteiger partial charge in [0, 0.05) is 5.92 Å². The minimum Gasteiger partial charge on any atom is -0.464 e. The van der Waals surface area contributed by atoms with E-state index in [9.17, 15) is 14.4 Å². The van der Waals surface area contributed by atoms with Crippen LogP contribution >= 0.6 is 0 Å². The van der Waals surface area contributed by atoms with Gasteiger partial charge in [0.1, 0.15) is 0 Å². The Labute approximate surface area is 88.2 Å². The Morgan fingerprint density at radius 3 is 2.40 bits per heavy atom. The van der Waals surface area contributed by atoms with Gasteiger partial charge in [0.05, 0.1) is 6.61 Å². The number of carbonyl (C=O) groups excluding carboxylic acids is 3. The van der Waals surface area contributed by atoms with Gasteiger partial charge in [0.25, 0.3) is 0 Å². The van der Waals surface area contributed by atoms with Crippen molar-refractivity contribution >= 4 is 17.7 Å². The number of ketones is 1. The van der Waals surface area contributed by atoms with Crippen LogP contribution in [0.2, 0.25) is 0 Å². The first-order valence-electron chi connectivity index (χ1n) is 5.03.